The molecular weight excluding hydrogens is 342 g/mol. The number of hydrogen-bond acceptors (Lipinski definition) is 4. The van der Waals surface area contributed by atoms with Crippen LogP contribution in [0.2, 0.25) is 0 Å². The highest BCUT2D eigenvalue weighted by atomic mass is 32.2. The van der Waals surface area contributed by atoms with Gasteiger partial charge in [-0.05, 0) is 38.1 Å². The van der Waals surface area contributed by atoms with Gasteiger partial charge in [0, 0.05) is 19.8 Å². The first-order valence-corrected chi connectivity index (χ1v) is 9.10. The van der Waals surface area contributed by atoms with Crippen LogP contribution in [-0.2, 0) is 21.4 Å². The Morgan fingerprint density at radius 1 is 1.08 bits per heavy atom. The van der Waals surface area contributed by atoms with Crippen LogP contribution in [0.15, 0.2) is 46.1 Å². The van der Waals surface area contributed by atoms with Gasteiger partial charge in [0.05, 0.1) is 4.90 Å². The van der Waals surface area contributed by atoms with Crippen LogP contribution in [0.5, 0.6) is 0 Å². The Balaban J connectivity index is 2.39. The summed E-state index contributed by atoms with van der Waals surface area (Å²) < 4.78 is 28.5. The Hall–Kier alpha value is -2.61. The average molecular weight is 363 g/mol. The van der Waals surface area contributed by atoms with Crippen LogP contribution in [0.25, 0.3) is 0 Å². The topological polar surface area (TPSA) is 88.5 Å². The fraction of sp³-hybridized carbons (Fsp3) is 0.294. The number of carbonyl (C=O) groups is 1. The molecule has 2 rings (SSSR count). The second-order valence-corrected chi connectivity index (χ2v) is 7.67. The fourth-order valence-corrected chi connectivity index (χ4v) is 3.20. The zero-order chi connectivity index (χ0) is 18.8. The van der Waals surface area contributed by atoms with Crippen molar-refractivity contribution >= 4 is 21.6 Å². The number of nitrogens with zero attached hydrogens (tertiary/aromatic N) is 2. The molecule has 0 saturated carbocycles. The first-order chi connectivity index (χ1) is 11.6. The molecule has 7 nitrogen and oxygen atoms in total. The van der Waals surface area contributed by atoms with Crippen LogP contribution in [-0.4, -0.2) is 37.9 Å². The number of rotatable bonds is 5. The highest BCUT2D eigenvalue weighted by molar-refractivity contribution is 7.92. The van der Waals surface area contributed by atoms with Gasteiger partial charge >= 0.3 is 0 Å². The molecule has 0 bridgehead atoms. The smallest absolute Gasteiger partial charge is 0.275 e. The van der Waals surface area contributed by atoms with E-state index in [9.17, 15) is 18.0 Å². The molecule has 0 spiro atoms. The van der Waals surface area contributed by atoms with Crippen LogP contribution in [0, 0.1) is 13.8 Å². The van der Waals surface area contributed by atoms with Crippen molar-refractivity contribution in [2.24, 2.45) is 0 Å². The molecule has 134 valence electrons. The minimum atomic E-state index is -3.89. The molecular formula is C17H21N3O4S. The van der Waals surface area contributed by atoms with E-state index in [0.29, 0.717) is 5.69 Å². The van der Waals surface area contributed by atoms with Gasteiger partial charge < -0.3 is 9.47 Å². The van der Waals surface area contributed by atoms with Gasteiger partial charge in [-0.3, -0.25) is 14.3 Å². The third-order valence-electron chi connectivity index (χ3n) is 3.76. The molecule has 0 radical (unpaired) electrons. The first-order valence-electron chi connectivity index (χ1n) is 7.62. The third-order valence-corrected chi connectivity index (χ3v) is 5.14. The molecule has 1 N–H and O–H groups in total. The highest BCUT2D eigenvalue weighted by Gasteiger charge is 2.18. The zero-order valence-corrected chi connectivity index (χ0v) is 15.4. The summed E-state index contributed by atoms with van der Waals surface area (Å²) in [6, 6.07) is 9.30. The highest BCUT2D eigenvalue weighted by Crippen LogP contribution is 2.14. The van der Waals surface area contributed by atoms with Gasteiger partial charge in [0.1, 0.15) is 12.2 Å². The molecule has 0 aliphatic carbocycles. The fourth-order valence-electron chi connectivity index (χ4n) is 2.14. The molecule has 25 heavy (non-hydrogen) atoms. The summed E-state index contributed by atoms with van der Waals surface area (Å²) in [6.07, 6.45) is 0. The van der Waals surface area contributed by atoms with Crippen LogP contribution in [0.3, 0.4) is 0 Å². The zero-order valence-electron chi connectivity index (χ0n) is 14.6. The molecule has 0 atom stereocenters. The molecule has 8 heteroatoms. The summed E-state index contributed by atoms with van der Waals surface area (Å²) in [5, 5.41) is 0. The lowest BCUT2D eigenvalue weighted by Gasteiger charge is -2.15. The maximum atomic E-state index is 12.6. The monoisotopic (exact) mass is 363 g/mol. The number of aryl methyl sites for hydroxylation is 2. The molecule has 1 aromatic carbocycles. The van der Waals surface area contributed by atoms with Crippen molar-refractivity contribution in [3.8, 4) is 0 Å². The van der Waals surface area contributed by atoms with Crippen molar-refractivity contribution < 1.29 is 13.2 Å². The molecule has 0 aliphatic heterocycles. The van der Waals surface area contributed by atoms with Gasteiger partial charge in [-0.25, -0.2) is 8.42 Å². The molecule has 1 aromatic heterocycles. The largest absolute Gasteiger partial charge is 0.347 e. The summed E-state index contributed by atoms with van der Waals surface area (Å²) in [4.78, 5) is 25.9. The molecule has 1 heterocycles. The van der Waals surface area contributed by atoms with Crippen molar-refractivity contribution in [1.29, 1.82) is 0 Å². The molecule has 2 aromatic rings. The van der Waals surface area contributed by atoms with Crippen LogP contribution < -0.4 is 10.3 Å². The quantitative estimate of drug-likeness (QED) is 0.869. The van der Waals surface area contributed by atoms with Crippen molar-refractivity contribution in [2.75, 3.05) is 18.8 Å². The minimum absolute atomic E-state index is 0.0639. The van der Waals surface area contributed by atoms with Crippen molar-refractivity contribution in [1.82, 2.24) is 9.47 Å². The molecule has 0 fully saturated rings. The van der Waals surface area contributed by atoms with E-state index in [4.69, 9.17) is 0 Å². The number of aromatic nitrogens is 1. The molecule has 0 unspecified atom stereocenters. The summed E-state index contributed by atoms with van der Waals surface area (Å²) in [5.41, 5.74) is 0.834. The lowest BCUT2D eigenvalue weighted by molar-refractivity contribution is -0.129. The van der Waals surface area contributed by atoms with E-state index in [2.05, 4.69) is 4.72 Å². The Morgan fingerprint density at radius 3 is 2.24 bits per heavy atom. The Labute approximate surface area is 147 Å². The Kier molecular flexibility index (Phi) is 5.32. The lowest BCUT2D eigenvalue weighted by atomic mass is 10.2. The number of amides is 1. The lowest BCUT2D eigenvalue weighted by Crippen LogP contribution is -2.34. The van der Waals surface area contributed by atoms with Gasteiger partial charge in [-0.15, -0.1) is 0 Å². The summed E-state index contributed by atoms with van der Waals surface area (Å²) in [6.45, 7) is 3.38. The number of likely N-dealkylation sites (N-methyl/N-ethyl adjacent to an activating group) is 1. The second-order valence-electron chi connectivity index (χ2n) is 5.99. The summed E-state index contributed by atoms with van der Waals surface area (Å²) >= 11 is 0. The predicted octanol–water partition coefficient (Wildman–Crippen LogP) is 1.35. The summed E-state index contributed by atoms with van der Waals surface area (Å²) in [7, 11) is -0.706. The van der Waals surface area contributed by atoms with Crippen LogP contribution in [0.4, 0.5) is 5.69 Å². The summed E-state index contributed by atoms with van der Waals surface area (Å²) in [5.74, 6) is -0.260. The van der Waals surface area contributed by atoms with Gasteiger partial charge in [0.25, 0.3) is 15.6 Å². The van der Waals surface area contributed by atoms with E-state index < -0.39 is 15.6 Å². The van der Waals surface area contributed by atoms with Gasteiger partial charge in [0.2, 0.25) is 5.91 Å². The van der Waals surface area contributed by atoms with E-state index in [1.807, 2.05) is 6.92 Å². The predicted molar refractivity (Wildman–Crippen MR) is 96.1 cm³/mol. The standard InChI is InChI=1S/C17H21N3O4S/c1-12-5-8-14(9-6-12)25(23,24)18-15-10-7-13(2)20(17(15)22)11-16(21)19(3)4/h5-10,18H,11H2,1-4H3. The maximum absolute atomic E-state index is 12.6. The van der Waals surface area contributed by atoms with E-state index in [1.165, 1.54) is 27.7 Å². The first kappa shape index (κ1) is 18.7. The van der Waals surface area contributed by atoms with E-state index in [0.717, 1.165) is 5.56 Å². The maximum Gasteiger partial charge on any atom is 0.275 e. The van der Waals surface area contributed by atoms with Crippen molar-refractivity contribution in [3.05, 3.63) is 58.0 Å². The number of nitrogens with one attached hydrogen (secondary N) is 1. The third kappa shape index (κ3) is 4.27. The number of hydrogen-bond donors (Lipinski definition) is 1. The normalized spacial score (nSPS) is 11.2. The SMILES string of the molecule is Cc1ccc(S(=O)(=O)Nc2ccc(C)n(CC(=O)N(C)C)c2=O)cc1. The van der Waals surface area contributed by atoms with Gasteiger partial charge in [-0.2, -0.15) is 0 Å². The van der Waals surface area contributed by atoms with E-state index >= 15 is 0 Å². The van der Waals surface area contributed by atoms with Gasteiger partial charge in [-0.1, -0.05) is 17.7 Å². The minimum Gasteiger partial charge on any atom is -0.347 e. The van der Waals surface area contributed by atoms with E-state index in [-0.39, 0.29) is 23.0 Å². The molecule has 0 saturated heterocycles. The van der Waals surface area contributed by atoms with Crippen LogP contribution >= 0.6 is 0 Å². The second kappa shape index (κ2) is 7.10. The molecule has 1 amide bonds. The van der Waals surface area contributed by atoms with Crippen molar-refractivity contribution in [2.45, 2.75) is 25.3 Å². The number of anilines is 1. The van der Waals surface area contributed by atoms with Gasteiger partial charge in [0.15, 0.2) is 0 Å². The number of pyridine rings is 1. The Morgan fingerprint density at radius 2 is 1.68 bits per heavy atom. The Bertz CT molecular complexity index is 945. The molecule has 0 aliphatic rings. The van der Waals surface area contributed by atoms with Crippen LogP contribution in [0.1, 0.15) is 11.3 Å². The van der Waals surface area contributed by atoms with E-state index in [1.54, 1.807) is 39.2 Å². The average Bonchev–Trinajstić information content (AvgIpc) is 2.54. The number of sulfonamides is 1. The number of carbonyl (C=O) groups excluding carboxylic acids is 1. The van der Waals surface area contributed by atoms with Crippen molar-refractivity contribution in [3.63, 3.8) is 0 Å². The number of benzene rings is 1.